The Balaban J connectivity index is 2.25. The summed E-state index contributed by atoms with van der Waals surface area (Å²) in [6, 6.07) is 4.74. The smallest absolute Gasteiger partial charge is 0.417 e. The van der Waals surface area contributed by atoms with Gasteiger partial charge < -0.3 is 15.0 Å². The quantitative estimate of drug-likeness (QED) is 0.659. The maximum absolute atomic E-state index is 13.4. The second kappa shape index (κ2) is 8.34. The molecule has 1 amide bonds. The van der Waals surface area contributed by atoms with Crippen molar-refractivity contribution in [3.8, 4) is 6.07 Å². The number of nitriles is 1. The van der Waals surface area contributed by atoms with Crippen molar-refractivity contribution in [1.82, 2.24) is 10.2 Å². The van der Waals surface area contributed by atoms with E-state index in [4.69, 9.17) is 27.6 Å². The Morgan fingerprint density at radius 2 is 1.94 bits per heavy atom. The first-order valence-electron chi connectivity index (χ1n) is 9.38. The molecule has 11 heteroatoms. The summed E-state index contributed by atoms with van der Waals surface area (Å²) in [5, 5.41) is 20.2. The van der Waals surface area contributed by atoms with Crippen LogP contribution in [-0.2, 0) is 10.9 Å². The summed E-state index contributed by atoms with van der Waals surface area (Å²) in [5.74, 6) is -0.0207. The fourth-order valence-electron chi connectivity index (χ4n) is 3.06. The number of alkyl carbamates (subject to hydrolysis) is 1. The molecule has 1 saturated heterocycles. The maximum atomic E-state index is 13.4. The van der Waals surface area contributed by atoms with E-state index in [1.54, 1.807) is 39.5 Å². The Labute approximate surface area is 184 Å². The van der Waals surface area contributed by atoms with Gasteiger partial charge in [0.25, 0.3) is 0 Å². The SMILES string of the molecule is CC(C)(C)OC(=O)NCCN1C(=S)N(c2ccc(C#N)c(C(F)(F)F)c2)C(=N)C1(C)C. The third-order valence-corrected chi connectivity index (χ3v) is 4.99. The molecule has 1 fully saturated rings. The monoisotopic (exact) mass is 455 g/mol. The molecule has 0 bridgehead atoms. The number of hydrogen-bond donors (Lipinski definition) is 2. The van der Waals surface area contributed by atoms with Crippen LogP contribution < -0.4 is 10.2 Å². The van der Waals surface area contributed by atoms with E-state index in [0.29, 0.717) is 0 Å². The minimum absolute atomic E-state index is 0.0207. The van der Waals surface area contributed by atoms with Gasteiger partial charge in [-0.3, -0.25) is 10.3 Å². The second-order valence-corrected chi connectivity index (χ2v) is 8.81. The van der Waals surface area contributed by atoms with E-state index in [9.17, 15) is 18.0 Å². The number of rotatable bonds is 4. The van der Waals surface area contributed by atoms with Gasteiger partial charge in [-0.1, -0.05) is 0 Å². The van der Waals surface area contributed by atoms with Crippen LogP contribution in [0.5, 0.6) is 0 Å². The van der Waals surface area contributed by atoms with E-state index < -0.39 is 34.5 Å². The number of carbonyl (C=O) groups is 1. The van der Waals surface area contributed by atoms with Crippen LogP contribution in [0, 0.1) is 16.7 Å². The first-order valence-corrected chi connectivity index (χ1v) is 9.79. The van der Waals surface area contributed by atoms with Crippen molar-refractivity contribution in [2.45, 2.75) is 51.9 Å². The van der Waals surface area contributed by atoms with Crippen LogP contribution in [0.1, 0.15) is 45.7 Å². The minimum atomic E-state index is -4.73. The van der Waals surface area contributed by atoms with Crippen LogP contribution >= 0.6 is 12.2 Å². The molecule has 0 saturated carbocycles. The highest BCUT2D eigenvalue weighted by atomic mass is 32.1. The van der Waals surface area contributed by atoms with E-state index in [0.717, 1.165) is 12.1 Å². The van der Waals surface area contributed by atoms with Gasteiger partial charge in [0, 0.05) is 13.1 Å². The highest BCUT2D eigenvalue weighted by Gasteiger charge is 2.47. The third kappa shape index (κ3) is 5.25. The Morgan fingerprint density at radius 3 is 2.45 bits per heavy atom. The number of anilines is 1. The number of halogens is 3. The van der Waals surface area contributed by atoms with Crippen molar-refractivity contribution in [3.63, 3.8) is 0 Å². The number of alkyl halides is 3. The van der Waals surface area contributed by atoms with Crippen LogP contribution in [0.2, 0.25) is 0 Å². The number of nitrogens with one attached hydrogen (secondary N) is 2. The molecular weight excluding hydrogens is 431 g/mol. The van der Waals surface area contributed by atoms with Crippen LogP contribution in [0.3, 0.4) is 0 Å². The van der Waals surface area contributed by atoms with Gasteiger partial charge in [-0.15, -0.1) is 0 Å². The van der Waals surface area contributed by atoms with Crippen LogP contribution in [0.15, 0.2) is 18.2 Å². The first kappa shape index (κ1) is 24.4. The Bertz CT molecular complexity index is 948. The summed E-state index contributed by atoms with van der Waals surface area (Å²) < 4.78 is 45.3. The van der Waals surface area contributed by atoms with Gasteiger partial charge in [-0.25, -0.2) is 4.79 Å². The lowest BCUT2D eigenvalue weighted by Gasteiger charge is -2.30. The summed E-state index contributed by atoms with van der Waals surface area (Å²) in [4.78, 5) is 14.7. The van der Waals surface area contributed by atoms with Crippen molar-refractivity contribution in [2.75, 3.05) is 18.0 Å². The van der Waals surface area contributed by atoms with E-state index in [1.807, 2.05) is 0 Å². The summed E-state index contributed by atoms with van der Waals surface area (Å²) >= 11 is 5.46. The van der Waals surface area contributed by atoms with E-state index in [-0.39, 0.29) is 29.7 Å². The highest BCUT2D eigenvalue weighted by molar-refractivity contribution is 7.80. The topological polar surface area (TPSA) is 92.4 Å². The zero-order valence-corrected chi connectivity index (χ0v) is 18.7. The Hall–Kier alpha value is -2.87. The lowest BCUT2D eigenvalue weighted by atomic mass is 10.0. The molecular formula is C20H24F3N5O2S. The van der Waals surface area contributed by atoms with E-state index in [1.165, 1.54) is 17.0 Å². The van der Waals surface area contributed by atoms with Gasteiger partial charge in [0.05, 0.1) is 28.4 Å². The van der Waals surface area contributed by atoms with Crippen molar-refractivity contribution in [1.29, 1.82) is 10.7 Å². The predicted molar refractivity (Wildman–Crippen MR) is 114 cm³/mol. The molecule has 0 spiro atoms. The molecule has 0 radical (unpaired) electrons. The van der Waals surface area contributed by atoms with Crippen molar-refractivity contribution < 1.29 is 22.7 Å². The zero-order valence-electron chi connectivity index (χ0n) is 17.8. The highest BCUT2D eigenvalue weighted by Crippen LogP contribution is 2.37. The molecule has 0 atom stereocenters. The molecule has 7 nitrogen and oxygen atoms in total. The number of amidine groups is 1. The summed E-state index contributed by atoms with van der Waals surface area (Å²) in [6.45, 7) is 8.99. The molecule has 2 rings (SSSR count). The van der Waals surface area contributed by atoms with E-state index in [2.05, 4.69) is 5.32 Å². The van der Waals surface area contributed by atoms with Crippen LogP contribution in [-0.4, -0.2) is 46.2 Å². The van der Waals surface area contributed by atoms with Gasteiger partial charge in [0.2, 0.25) is 0 Å². The number of hydrogen-bond acceptors (Lipinski definition) is 5. The molecule has 1 heterocycles. The van der Waals surface area contributed by atoms with Gasteiger partial charge >= 0.3 is 12.3 Å². The normalized spacial score (nSPS) is 16.4. The summed E-state index contributed by atoms with van der Waals surface area (Å²) in [7, 11) is 0. The lowest BCUT2D eigenvalue weighted by Crippen LogP contribution is -2.47. The number of ether oxygens (including phenoxy) is 1. The largest absolute Gasteiger partial charge is 0.444 e. The molecule has 1 aromatic carbocycles. The molecule has 0 aliphatic carbocycles. The average molecular weight is 456 g/mol. The summed E-state index contributed by atoms with van der Waals surface area (Å²) in [6.07, 6.45) is -5.33. The molecule has 31 heavy (non-hydrogen) atoms. The number of thiocarbonyl (C=S) groups is 1. The molecule has 1 aliphatic heterocycles. The standard InChI is InChI=1S/C20H24F3N5O2S/c1-18(2,3)30-16(29)26-8-9-27-17(31)28(15(25)19(27,4)5)13-7-6-12(11-24)14(10-13)20(21,22)23/h6-7,10,25H,8-9H2,1-5H3,(H,26,29). The minimum Gasteiger partial charge on any atom is -0.444 e. The van der Waals surface area contributed by atoms with Crippen molar-refractivity contribution in [3.05, 3.63) is 29.3 Å². The van der Waals surface area contributed by atoms with Crippen LogP contribution in [0.4, 0.5) is 23.7 Å². The fraction of sp³-hybridized carbons (Fsp3) is 0.500. The number of nitrogens with zero attached hydrogens (tertiary/aromatic N) is 3. The lowest BCUT2D eigenvalue weighted by molar-refractivity contribution is -0.137. The van der Waals surface area contributed by atoms with E-state index >= 15 is 0 Å². The summed E-state index contributed by atoms with van der Waals surface area (Å²) in [5.41, 5.74) is -3.15. The Morgan fingerprint density at radius 1 is 1.32 bits per heavy atom. The van der Waals surface area contributed by atoms with Crippen molar-refractivity contribution >= 4 is 34.9 Å². The first-order chi connectivity index (χ1) is 14.1. The Kier molecular flexibility index (Phi) is 6.56. The molecule has 168 valence electrons. The third-order valence-electron chi connectivity index (χ3n) is 4.59. The average Bonchev–Trinajstić information content (AvgIpc) is 2.78. The predicted octanol–water partition coefficient (Wildman–Crippen LogP) is 4.26. The maximum Gasteiger partial charge on any atom is 0.417 e. The van der Waals surface area contributed by atoms with Gasteiger partial charge in [0.15, 0.2) is 5.11 Å². The number of benzene rings is 1. The molecule has 0 unspecified atom stereocenters. The fourth-order valence-corrected chi connectivity index (χ4v) is 3.58. The van der Waals surface area contributed by atoms with Gasteiger partial charge in [0.1, 0.15) is 11.4 Å². The molecule has 1 aliphatic rings. The zero-order chi connectivity index (χ0) is 23.8. The van der Waals surface area contributed by atoms with Gasteiger partial charge in [-0.05, 0) is 65.0 Å². The van der Waals surface area contributed by atoms with Gasteiger partial charge in [-0.2, -0.15) is 18.4 Å². The van der Waals surface area contributed by atoms with Crippen molar-refractivity contribution in [2.24, 2.45) is 0 Å². The molecule has 0 aromatic heterocycles. The number of amides is 1. The second-order valence-electron chi connectivity index (χ2n) is 8.45. The molecule has 2 N–H and O–H groups in total. The van der Waals surface area contributed by atoms with Crippen LogP contribution in [0.25, 0.3) is 0 Å². The molecule has 1 aromatic rings. The number of carbonyl (C=O) groups excluding carboxylic acids is 1.